The van der Waals surface area contributed by atoms with Crippen LogP contribution in [0.4, 0.5) is 26.3 Å². The Morgan fingerprint density at radius 2 is 0.980 bits per heavy atom. The quantitative estimate of drug-likeness (QED) is 0.102. The van der Waals surface area contributed by atoms with Crippen LogP contribution < -0.4 is 0 Å². The number of halogens is 6. The minimum Gasteiger partial charge on any atom is -0.463 e. The van der Waals surface area contributed by atoms with E-state index >= 15 is 0 Å². The molecule has 0 radical (unpaired) electrons. The number of benzene rings is 2. The number of aromatic nitrogens is 1. The summed E-state index contributed by atoms with van der Waals surface area (Å²) < 4.78 is 78.7. The van der Waals surface area contributed by atoms with Crippen LogP contribution in [0.3, 0.4) is 0 Å². The van der Waals surface area contributed by atoms with E-state index in [1.165, 1.54) is 46.6 Å². The van der Waals surface area contributed by atoms with Crippen molar-refractivity contribution in [1.29, 1.82) is 0 Å². The number of furan rings is 1. The third-order valence-electron chi connectivity index (χ3n) is 6.13. The van der Waals surface area contributed by atoms with Crippen LogP contribution in [0.2, 0.25) is 0 Å². The number of pyridine rings is 1. The first kappa shape index (κ1) is 43.4. The van der Waals surface area contributed by atoms with Gasteiger partial charge in [0.05, 0.1) is 34.5 Å². The SMILES string of the molecule is CON=C(C)c1ccc(C(F)(F)F)cc1.CON=C(C)c1cccc(C(F)(F)F)c1.CON=C(C)c1ccco1.CON=C(C)c1ccncc1. The van der Waals surface area contributed by atoms with E-state index in [4.69, 9.17) is 4.42 Å². The van der Waals surface area contributed by atoms with Gasteiger partial charge in [-0.05, 0) is 87.4 Å². The molecule has 2 aromatic carbocycles. The van der Waals surface area contributed by atoms with Crippen LogP contribution in [0.25, 0.3) is 0 Å². The summed E-state index contributed by atoms with van der Waals surface area (Å²) in [7, 11) is 5.77. The molecular formula is C35H39F6N5O5. The van der Waals surface area contributed by atoms with Crippen molar-refractivity contribution in [2.75, 3.05) is 28.4 Å². The highest BCUT2D eigenvalue weighted by Gasteiger charge is 2.31. The molecule has 10 nitrogen and oxygen atoms in total. The molecule has 16 heteroatoms. The van der Waals surface area contributed by atoms with Crippen LogP contribution >= 0.6 is 0 Å². The zero-order valence-corrected chi connectivity index (χ0v) is 29.2. The van der Waals surface area contributed by atoms with Gasteiger partial charge in [0.25, 0.3) is 0 Å². The van der Waals surface area contributed by atoms with Crippen molar-refractivity contribution in [3.8, 4) is 0 Å². The number of oxime groups is 4. The van der Waals surface area contributed by atoms with E-state index < -0.39 is 23.5 Å². The summed E-state index contributed by atoms with van der Waals surface area (Å²) in [6, 6.07) is 17.1. The summed E-state index contributed by atoms with van der Waals surface area (Å²) >= 11 is 0. The minimum atomic E-state index is -4.33. The van der Waals surface area contributed by atoms with Crippen molar-refractivity contribution in [3.05, 3.63) is 125 Å². The standard InChI is InChI=1S/2C10H10F3NO.C8H10N2O.C7H9NO2/c1-7(14-15-2)8-3-5-9(6-4-8)10(11,12)13;1-7(14-15-2)8-4-3-5-9(6-8)10(11,12)13;1-7(10-11-2)8-3-5-9-6-4-8;1-6(8-9-2)7-4-3-5-10-7/h2*3-6H,1-2H3;3-6H,1-2H3;3-5H,1-2H3. The second-order valence-corrected chi connectivity index (χ2v) is 9.80. The molecular weight excluding hydrogens is 684 g/mol. The van der Waals surface area contributed by atoms with Gasteiger partial charge < -0.3 is 23.8 Å². The molecule has 0 unspecified atom stereocenters. The van der Waals surface area contributed by atoms with E-state index in [0.717, 1.165) is 47.0 Å². The maximum absolute atomic E-state index is 12.3. The number of alkyl halides is 6. The number of hydrogen-bond acceptors (Lipinski definition) is 10. The summed E-state index contributed by atoms with van der Waals surface area (Å²) in [6.45, 7) is 6.95. The zero-order chi connectivity index (χ0) is 38.5. The van der Waals surface area contributed by atoms with Gasteiger partial charge in [-0.15, -0.1) is 0 Å². The highest BCUT2D eigenvalue weighted by Crippen LogP contribution is 2.30. The lowest BCUT2D eigenvalue weighted by molar-refractivity contribution is -0.138. The first-order chi connectivity index (χ1) is 24.1. The van der Waals surface area contributed by atoms with Gasteiger partial charge in [0.2, 0.25) is 0 Å². The maximum Gasteiger partial charge on any atom is 0.416 e. The Labute approximate surface area is 292 Å². The van der Waals surface area contributed by atoms with E-state index in [0.29, 0.717) is 22.6 Å². The minimum absolute atomic E-state index is 0.395. The van der Waals surface area contributed by atoms with Gasteiger partial charge in [0.1, 0.15) is 34.2 Å². The average Bonchev–Trinajstić information content (AvgIpc) is 3.65. The first-order valence-electron chi connectivity index (χ1n) is 14.7. The fourth-order valence-corrected chi connectivity index (χ4v) is 3.65. The number of hydrogen-bond donors (Lipinski definition) is 0. The summed E-state index contributed by atoms with van der Waals surface area (Å²) in [6.07, 6.45) is -3.58. The summed E-state index contributed by atoms with van der Waals surface area (Å²) in [5.41, 5.74) is 3.21. The molecule has 4 rings (SSSR count). The predicted molar refractivity (Wildman–Crippen MR) is 183 cm³/mol. The Hall–Kier alpha value is -5.67. The molecule has 0 bridgehead atoms. The van der Waals surface area contributed by atoms with Gasteiger partial charge >= 0.3 is 12.4 Å². The van der Waals surface area contributed by atoms with Crippen molar-refractivity contribution in [2.24, 2.45) is 20.6 Å². The van der Waals surface area contributed by atoms with Gasteiger partial charge in [0, 0.05) is 18.0 Å². The summed E-state index contributed by atoms with van der Waals surface area (Å²) in [4.78, 5) is 22.1. The molecule has 2 aromatic heterocycles. The predicted octanol–water partition coefficient (Wildman–Crippen LogP) is 9.25. The van der Waals surface area contributed by atoms with Gasteiger partial charge in [-0.1, -0.05) is 44.9 Å². The van der Waals surface area contributed by atoms with E-state index in [1.54, 1.807) is 38.6 Å². The first-order valence-corrected chi connectivity index (χ1v) is 14.7. The third kappa shape index (κ3) is 16.5. The highest BCUT2D eigenvalue weighted by atomic mass is 19.4. The highest BCUT2D eigenvalue weighted by molar-refractivity contribution is 5.99. The number of nitrogens with zero attached hydrogens (tertiary/aromatic N) is 5. The van der Waals surface area contributed by atoms with Gasteiger partial charge in [-0.25, -0.2) is 0 Å². The molecule has 0 saturated carbocycles. The molecule has 0 N–H and O–H groups in total. The lowest BCUT2D eigenvalue weighted by Gasteiger charge is -2.07. The largest absolute Gasteiger partial charge is 0.463 e. The Bertz CT molecular complexity index is 1690. The molecule has 276 valence electrons. The van der Waals surface area contributed by atoms with Crippen molar-refractivity contribution < 1.29 is 50.1 Å². The molecule has 0 aliphatic rings. The van der Waals surface area contributed by atoms with Gasteiger partial charge in [-0.2, -0.15) is 26.3 Å². The lowest BCUT2D eigenvalue weighted by atomic mass is 10.1. The normalized spacial score (nSPS) is 12.2. The summed E-state index contributed by atoms with van der Waals surface area (Å²) in [5, 5.41) is 14.7. The van der Waals surface area contributed by atoms with Gasteiger partial charge in [-0.3, -0.25) is 4.98 Å². The molecule has 0 amide bonds. The molecule has 0 fully saturated rings. The fraction of sp³-hybridized carbons (Fsp3) is 0.286. The molecule has 0 saturated heterocycles. The van der Waals surface area contributed by atoms with Crippen molar-refractivity contribution >= 4 is 22.8 Å². The Morgan fingerprint density at radius 1 is 0.529 bits per heavy atom. The van der Waals surface area contributed by atoms with Crippen molar-refractivity contribution in [2.45, 2.75) is 40.0 Å². The van der Waals surface area contributed by atoms with E-state index in [-0.39, 0.29) is 0 Å². The fourth-order valence-electron chi connectivity index (χ4n) is 3.65. The monoisotopic (exact) mass is 723 g/mol. The van der Waals surface area contributed by atoms with Crippen LogP contribution in [0.5, 0.6) is 0 Å². The zero-order valence-electron chi connectivity index (χ0n) is 29.2. The number of rotatable bonds is 8. The molecule has 4 aromatic rings. The van der Waals surface area contributed by atoms with Crippen LogP contribution in [-0.2, 0) is 31.7 Å². The molecule has 0 aliphatic carbocycles. The van der Waals surface area contributed by atoms with E-state index in [2.05, 4.69) is 45.0 Å². The molecule has 0 spiro atoms. The van der Waals surface area contributed by atoms with Crippen LogP contribution in [0, 0.1) is 0 Å². The topological polar surface area (TPSA) is 112 Å². The maximum atomic E-state index is 12.3. The smallest absolute Gasteiger partial charge is 0.416 e. The van der Waals surface area contributed by atoms with Crippen molar-refractivity contribution in [3.63, 3.8) is 0 Å². The Balaban J connectivity index is 0.000000345. The second-order valence-electron chi connectivity index (χ2n) is 9.80. The van der Waals surface area contributed by atoms with Crippen LogP contribution in [0.1, 0.15) is 61.3 Å². The van der Waals surface area contributed by atoms with Crippen LogP contribution in [0.15, 0.2) is 116 Å². The Morgan fingerprint density at radius 3 is 1.41 bits per heavy atom. The molecule has 0 aliphatic heterocycles. The summed E-state index contributed by atoms with van der Waals surface area (Å²) in [5.74, 6) is 0.738. The lowest BCUT2D eigenvalue weighted by Crippen LogP contribution is -2.06. The van der Waals surface area contributed by atoms with Crippen molar-refractivity contribution in [1.82, 2.24) is 4.98 Å². The van der Waals surface area contributed by atoms with E-state index in [9.17, 15) is 26.3 Å². The molecule has 2 heterocycles. The average molecular weight is 724 g/mol. The third-order valence-corrected chi connectivity index (χ3v) is 6.13. The Kier molecular flexibility index (Phi) is 18.8. The molecule has 51 heavy (non-hydrogen) atoms. The second kappa shape index (κ2) is 22.1. The van der Waals surface area contributed by atoms with E-state index in [1.807, 2.05) is 38.1 Å². The van der Waals surface area contributed by atoms with Gasteiger partial charge in [0.15, 0.2) is 5.76 Å². The van der Waals surface area contributed by atoms with Crippen LogP contribution in [-0.4, -0.2) is 56.3 Å². The molecule has 0 atom stereocenters.